The van der Waals surface area contributed by atoms with E-state index in [1.807, 2.05) is 62.1 Å². The Morgan fingerprint density at radius 1 is 1.02 bits per heavy atom. The first kappa shape index (κ1) is 31.1. The summed E-state index contributed by atoms with van der Waals surface area (Å²) in [7, 11) is 0. The van der Waals surface area contributed by atoms with Crippen molar-refractivity contribution < 1.29 is 29.0 Å². The van der Waals surface area contributed by atoms with E-state index in [0.29, 0.717) is 38.0 Å². The Hall–Kier alpha value is -3.88. The van der Waals surface area contributed by atoms with Gasteiger partial charge in [-0.15, -0.1) is 0 Å². The van der Waals surface area contributed by atoms with Gasteiger partial charge in [0.25, 0.3) is 5.91 Å². The Balaban J connectivity index is 1.27. The van der Waals surface area contributed by atoms with Crippen LogP contribution in [0.15, 0.2) is 48.5 Å². The third kappa shape index (κ3) is 8.81. The number of aliphatic carboxylic acids is 1. The van der Waals surface area contributed by atoms with Gasteiger partial charge in [0.2, 0.25) is 5.91 Å². The number of likely N-dealkylation sites (tertiary alicyclic amines) is 1. The number of hydrogen-bond donors (Lipinski definition) is 3. The number of carbonyl (C=O) groups excluding carboxylic acids is 3. The minimum Gasteiger partial charge on any atom is -0.481 e. The van der Waals surface area contributed by atoms with Crippen LogP contribution in [0.4, 0.5) is 4.79 Å². The molecule has 42 heavy (non-hydrogen) atoms. The first-order valence-corrected chi connectivity index (χ1v) is 14.9. The molecule has 9 heteroatoms. The predicted octanol–water partition coefficient (Wildman–Crippen LogP) is 4.37. The number of nitrogens with zero attached hydrogens (tertiary/aromatic N) is 1. The summed E-state index contributed by atoms with van der Waals surface area (Å²) < 4.78 is 5.32. The second-order valence-corrected chi connectivity index (χ2v) is 12.5. The third-order valence-electron chi connectivity index (χ3n) is 7.94. The third-order valence-corrected chi connectivity index (χ3v) is 7.94. The van der Waals surface area contributed by atoms with Crippen molar-refractivity contribution in [2.45, 2.75) is 77.4 Å². The van der Waals surface area contributed by atoms with Crippen molar-refractivity contribution in [2.75, 3.05) is 19.6 Å². The molecule has 0 spiro atoms. The van der Waals surface area contributed by atoms with Gasteiger partial charge in [-0.2, -0.15) is 0 Å². The molecule has 0 radical (unpaired) electrons. The van der Waals surface area contributed by atoms with Gasteiger partial charge in [0, 0.05) is 31.2 Å². The fourth-order valence-corrected chi connectivity index (χ4v) is 6.01. The highest BCUT2D eigenvalue weighted by Gasteiger charge is 2.39. The topological polar surface area (TPSA) is 125 Å². The van der Waals surface area contributed by atoms with Gasteiger partial charge in [-0.1, -0.05) is 36.4 Å². The molecule has 3 amide bonds. The van der Waals surface area contributed by atoms with Crippen LogP contribution in [0, 0.1) is 11.8 Å². The van der Waals surface area contributed by atoms with Crippen molar-refractivity contribution in [3.05, 3.63) is 70.8 Å². The van der Waals surface area contributed by atoms with Crippen LogP contribution in [0.2, 0.25) is 0 Å². The number of aryl methyl sites for hydroxylation is 1. The van der Waals surface area contributed by atoms with Crippen LogP contribution in [0.3, 0.4) is 0 Å². The number of ether oxygens (including phenoxy) is 1. The highest BCUT2D eigenvalue weighted by molar-refractivity contribution is 5.94. The lowest BCUT2D eigenvalue weighted by Gasteiger charge is -2.25. The molecule has 3 atom stereocenters. The maximum Gasteiger partial charge on any atom is 0.407 e. The lowest BCUT2D eigenvalue weighted by Crippen LogP contribution is -2.37. The molecule has 9 nitrogen and oxygen atoms in total. The van der Waals surface area contributed by atoms with Crippen molar-refractivity contribution in [2.24, 2.45) is 11.8 Å². The zero-order valence-corrected chi connectivity index (χ0v) is 24.9. The molecule has 1 heterocycles. The number of nitrogens with one attached hydrogen (secondary N) is 2. The summed E-state index contributed by atoms with van der Waals surface area (Å²) in [4.78, 5) is 51.2. The fraction of sp³-hybridized carbons (Fsp3) is 0.515. The molecule has 1 saturated heterocycles. The summed E-state index contributed by atoms with van der Waals surface area (Å²) in [6.07, 6.45) is 3.72. The first-order valence-electron chi connectivity index (χ1n) is 14.9. The SMILES string of the molecule is CC(C)(C)OC(=O)NCC1Cc2ccc(C(=O)NCC[C@@H]3C[C@@H](CC(=O)O)C(=O)N3CCCc3ccccc3)cc2C1. The monoisotopic (exact) mass is 577 g/mol. The number of carboxylic acid groups (broad SMARTS) is 1. The van der Waals surface area contributed by atoms with Crippen molar-refractivity contribution in [3.63, 3.8) is 0 Å². The lowest BCUT2D eigenvalue weighted by atomic mass is 10.00. The molecule has 1 fully saturated rings. The number of benzene rings is 2. The van der Waals surface area contributed by atoms with Crippen molar-refractivity contribution in [1.82, 2.24) is 15.5 Å². The van der Waals surface area contributed by atoms with Crippen molar-refractivity contribution in [3.8, 4) is 0 Å². The number of alkyl carbamates (subject to hydrolysis) is 1. The fourth-order valence-electron chi connectivity index (χ4n) is 6.01. The zero-order valence-electron chi connectivity index (χ0n) is 24.9. The van der Waals surface area contributed by atoms with Gasteiger partial charge in [0.1, 0.15) is 5.60 Å². The van der Waals surface area contributed by atoms with E-state index in [1.54, 1.807) is 0 Å². The number of fused-ring (bicyclic) bond motifs is 1. The molecular weight excluding hydrogens is 534 g/mol. The molecule has 1 aliphatic heterocycles. The van der Waals surface area contributed by atoms with Gasteiger partial charge >= 0.3 is 12.1 Å². The van der Waals surface area contributed by atoms with Crippen LogP contribution < -0.4 is 10.6 Å². The molecule has 1 aliphatic carbocycles. The van der Waals surface area contributed by atoms with Crippen LogP contribution in [0.5, 0.6) is 0 Å². The quantitative estimate of drug-likeness (QED) is 0.344. The van der Waals surface area contributed by atoms with E-state index in [9.17, 15) is 24.3 Å². The molecule has 0 aromatic heterocycles. The number of amides is 3. The molecule has 0 saturated carbocycles. The van der Waals surface area contributed by atoms with E-state index < -0.39 is 23.6 Å². The Morgan fingerprint density at radius 3 is 2.48 bits per heavy atom. The predicted molar refractivity (Wildman–Crippen MR) is 159 cm³/mol. The molecule has 226 valence electrons. The second kappa shape index (κ2) is 13.9. The summed E-state index contributed by atoms with van der Waals surface area (Å²) in [6, 6.07) is 15.7. The van der Waals surface area contributed by atoms with E-state index in [0.717, 1.165) is 31.2 Å². The molecule has 2 aliphatic rings. The minimum absolute atomic E-state index is 0.101. The van der Waals surface area contributed by atoms with E-state index >= 15 is 0 Å². The lowest BCUT2D eigenvalue weighted by molar-refractivity contribution is -0.142. The van der Waals surface area contributed by atoms with Crippen molar-refractivity contribution >= 4 is 23.9 Å². The highest BCUT2D eigenvalue weighted by Crippen LogP contribution is 2.30. The normalized spacial score (nSPS) is 19.8. The van der Waals surface area contributed by atoms with E-state index in [-0.39, 0.29) is 30.2 Å². The average molecular weight is 578 g/mol. The number of carbonyl (C=O) groups is 4. The largest absolute Gasteiger partial charge is 0.481 e. The molecule has 3 N–H and O–H groups in total. The number of carboxylic acids is 1. The van der Waals surface area contributed by atoms with Gasteiger partial charge in [0.15, 0.2) is 0 Å². The summed E-state index contributed by atoms with van der Waals surface area (Å²) in [5.41, 5.74) is 3.54. The molecular formula is C33H43N3O6. The Kier molecular flexibility index (Phi) is 10.2. The van der Waals surface area contributed by atoms with Crippen LogP contribution in [0.25, 0.3) is 0 Å². The standard InChI is InChI=1S/C33H43N3O6/c1-33(2,3)42-32(41)35-21-23-16-24-11-12-25(18-26(24)17-23)30(39)34-14-13-28-19-27(20-29(37)38)31(40)36(28)15-7-10-22-8-5-4-6-9-22/h4-6,8-9,11-12,18,23,27-28H,7,10,13-17,19-21H2,1-3H3,(H,34,39)(H,35,41)(H,37,38)/t23?,27-,28+/m0/s1. The maximum atomic E-state index is 13.0. The molecule has 4 rings (SSSR count). The second-order valence-electron chi connectivity index (χ2n) is 12.5. The van der Waals surface area contributed by atoms with E-state index in [1.165, 1.54) is 11.1 Å². The molecule has 2 aromatic rings. The first-order chi connectivity index (χ1) is 20.0. The Labute approximate surface area is 248 Å². The van der Waals surface area contributed by atoms with Gasteiger partial charge < -0.3 is 25.4 Å². The number of rotatable bonds is 12. The minimum atomic E-state index is -0.967. The van der Waals surface area contributed by atoms with E-state index in [2.05, 4.69) is 22.8 Å². The van der Waals surface area contributed by atoms with Gasteiger partial charge in [-0.25, -0.2) is 4.79 Å². The average Bonchev–Trinajstić information content (AvgIpc) is 3.46. The summed E-state index contributed by atoms with van der Waals surface area (Å²) in [6.45, 7) is 6.96. The van der Waals surface area contributed by atoms with Gasteiger partial charge in [0.05, 0.1) is 12.3 Å². The van der Waals surface area contributed by atoms with E-state index in [4.69, 9.17) is 4.74 Å². The van der Waals surface area contributed by atoms with Crippen LogP contribution in [-0.2, 0) is 33.6 Å². The van der Waals surface area contributed by atoms with Gasteiger partial charge in [-0.3, -0.25) is 14.4 Å². The summed E-state index contributed by atoms with van der Waals surface area (Å²) in [5, 5.41) is 15.1. The van der Waals surface area contributed by atoms with Crippen molar-refractivity contribution in [1.29, 1.82) is 0 Å². The molecule has 0 bridgehead atoms. The van der Waals surface area contributed by atoms with Crippen LogP contribution >= 0.6 is 0 Å². The number of hydrogen-bond acceptors (Lipinski definition) is 5. The highest BCUT2D eigenvalue weighted by atomic mass is 16.6. The van der Waals surface area contributed by atoms with Gasteiger partial charge in [-0.05, 0) is 94.0 Å². The van der Waals surface area contributed by atoms with Crippen LogP contribution in [-0.4, -0.2) is 65.2 Å². The summed E-state index contributed by atoms with van der Waals surface area (Å²) >= 11 is 0. The maximum absolute atomic E-state index is 13.0. The molecule has 1 unspecified atom stereocenters. The smallest absolute Gasteiger partial charge is 0.407 e. The zero-order chi connectivity index (χ0) is 30.3. The Morgan fingerprint density at radius 2 is 1.76 bits per heavy atom. The Bertz CT molecular complexity index is 1270. The van der Waals surface area contributed by atoms with Crippen LogP contribution in [0.1, 0.15) is 73.5 Å². The molecule has 2 aromatic carbocycles. The summed E-state index contributed by atoms with van der Waals surface area (Å²) in [5.74, 6) is -1.51.